The number of fused-ring (bicyclic) bond motifs is 1. The van der Waals surface area contributed by atoms with E-state index >= 15 is 0 Å². The Kier molecular flexibility index (Phi) is 7.29. The molecule has 198 valence electrons. The van der Waals surface area contributed by atoms with Gasteiger partial charge in [-0.3, -0.25) is 10.1 Å². The van der Waals surface area contributed by atoms with Crippen molar-refractivity contribution in [2.24, 2.45) is 0 Å². The number of aryl methyl sites for hydroxylation is 2. The third-order valence-electron chi connectivity index (χ3n) is 6.19. The molecule has 3 N–H and O–H groups in total. The van der Waals surface area contributed by atoms with E-state index in [0.29, 0.717) is 63.4 Å². The number of ether oxygens (including phenoxy) is 1. The lowest BCUT2D eigenvalue weighted by molar-refractivity contribution is 0.262. The molecule has 2 aromatic carbocycles. The number of para-hydroxylation sites is 1. The predicted molar refractivity (Wildman–Crippen MR) is 151 cm³/mol. The summed E-state index contributed by atoms with van der Waals surface area (Å²) in [4.78, 5) is 37.4. The van der Waals surface area contributed by atoms with E-state index in [9.17, 15) is 9.59 Å². The van der Waals surface area contributed by atoms with Crippen molar-refractivity contribution < 1.29 is 9.53 Å². The van der Waals surface area contributed by atoms with Crippen LogP contribution in [0.25, 0.3) is 16.7 Å². The molecule has 0 aliphatic rings. The first-order chi connectivity index (χ1) is 18.9. The second-order valence-electron chi connectivity index (χ2n) is 8.83. The van der Waals surface area contributed by atoms with E-state index in [2.05, 4.69) is 25.7 Å². The molecule has 0 atom stereocenters. The highest BCUT2D eigenvalue weighted by atomic mass is 35.5. The maximum atomic E-state index is 13.2. The van der Waals surface area contributed by atoms with Crippen molar-refractivity contribution in [1.82, 2.24) is 24.7 Å². The molecular formula is C28H26ClN7O3. The average molecular weight is 544 g/mol. The summed E-state index contributed by atoms with van der Waals surface area (Å²) in [6, 6.07) is 15.7. The summed E-state index contributed by atoms with van der Waals surface area (Å²) in [6.07, 6.45) is 2.47. The summed E-state index contributed by atoms with van der Waals surface area (Å²) < 4.78 is 7.16. The zero-order valence-electron chi connectivity index (χ0n) is 21.6. The van der Waals surface area contributed by atoms with Gasteiger partial charge in [0.05, 0.1) is 29.2 Å². The number of hydrogen-bond acceptors (Lipinski definition) is 6. The standard InChI is InChI=1S/C28H26ClN7O3/c1-4-19-24-26(36(35-19)25-16(2)8-7-9-18(25)29)32-23(33-27(24)37)15-17-11-12-20(21(14-17)39-3)31-28(38)34-22-10-5-6-13-30-22/h5-14H,4,15H2,1-3H3,(H,32,33,37)(H2,30,31,34,38). The van der Waals surface area contributed by atoms with Gasteiger partial charge in [-0.1, -0.05) is 42.8 Å². The van der Waals surface area contributed by atoms with Gasteiger partial charge in [0, 0.05) is 12.6 Å². The number of rotatable bonds is 7. The number of benzene rings is 2. The number of H-pyrrole nitrogens is 1. The van der Waals surface area contributed by atoms with Gasteiger partial charge in [0.15, 0.2) is 5.65 Å². The highest BCUT2D eigenvalue weighted by Gasteiger charge is 2.20. The fourth-order valence-electron chi connectivity index (χ4n) is 4.37. The highest BCUT2D eigenvalue weighted by molar-refractivity contribution is 6.32. The van der Waals surface area contributed by atoms with Crippen molar-refractivity contribution >= 4 is 40.2 Å². The number of aromatic amines is 1. The summed E-state index contributed by atoms with van der Waals surface area (Å²) in [5.41, 5.74) is 3.72. The van der Waals surface area contributed by atoms with Crippen LogP contribution in [0, 0.1) is 6.92 Å². The van der Waals surface area contributed by atoms with Gasteiger partial charge in [0.2, 0.25) is 0 Å². The molecule has 0 saturated heterocycles. The topological polar surface area (TPSA) is 127 Å². The van der Waals surface area contributed by atoms with Gasteiger partial charge in [-0.2, -0.15) is 5.10 Å². The fraction of sp³-hybridized carbons (Fsp3) is 0.179. The van der Waals surface area contributed by atoms with Crippen molar-refractivity contribution in [3.05, 3.63) is 98.8 Å². The van der Waals surface area contributed by atoms with Crippen molar-refractivity contribution in [2.75, 3.05) is 17.7 Å². The maximum Gasteiger partial charge on any atom is 0.324 e. The lowest BCUT2D eigenvalue weighted by Crippen LogP contribution is -2.20. The van der Waals surface area contributed by atoms with E-state index < -0.39 is 6.03 Å². The Morgan fingerprint density at radius 3 is 2.69 bits per heavy atom. The van der Waals surface area contributed by atoms with Gasteiger partial charge >= 0.3 is 6.03 Å². The van der Waals surface area contributed by atoms with E-state index in [1.54, 1.807) is 47.3 Å². The quantitative estimate of drug-likeness (QED) is 0.256. The Morgan fingerprint density at radius 1 is 1.13 bits per heavy atom. The first-order valence-electron chi connectivity index (χ1n) is 12.3. The van der Waals surface area contributed by atoms with Gasteiger partial charge in [0.1, 0.15) is 22.8 Å². The fourth-order valence-corrected chi connectivity index (χ4v) is 4.67. The normalized spacial score (nSPS) is 11.0. The third-order valence-corrected chi connectivity index (χ3v) is 6.49. The summed E-state index contributed by atoms with van der Waals surface area (Å²) in [7, 11) is 1.52. The smallest absolute Gasteiger partial charge is 0.324 e. The molecule has 0 aliphatic heterocycles. The second kappa shape index (κ2) is 11.0. The summed E-state index contributed by atoms with van der Waals surface area (Å²) in [6.45, 7) is 3.88. The van der Waals surface area contributed by atoms with Crippen LogP contribution in [0.4, 0.5) is 16.3 Å². The van der Waals surface area contributed by atoms with Crippen LogP contribution >= 0.6 is 11.6 Å². The van der Waals surface area contributed by atoms with E-state index in [0.717, 1.165) is 11.1 Å². The van der Waals surface area contributed by atoms with Crippen molar-refractivity contribution in [3.63, 3.8) is 0 Å². The predicted octanol–water partition coefficient (Wildman–Crippen LogP) is 5.27. The number of aromatic nitrogens is 5. The summed E-state index contributed by atoms with van der Waals surface area (Å²) >= 11 is 6.53. The lowest BCUT2D eigenvalue weighted by Gasteiger charge is -2.13. The Bertz CT molecular complexity index is 1710. The molecule has 0 unspecified atom stereocenters. The molecule has 0 radical (unpaired) electrons. The van der Waals surface area contributed by atoms with Crippen molar-refractivity contribution in [1.29, 1.82) is 0 Å². The molecule has 3 aromatic heterocycles. The van der Waals surface area contributed by atoms with Crippen LogP contribution in [0.5, 0.6) is 5.75 Å². The summed E-state index contributed by atoms with van der Waals surface area (Å²) in [5, 5.41) is 11.1. The first kappa shape index (κ1) is 25.9. The average Bonchev–Trinajstić information content (AvgIpc) is 3.28. The SMILES string of the molecule is CCc1nn(-c2c(C)cccc2Cl)c2nc(Cc3ccc(NC(=O)Nc4ccccn4)c(OC)c3)[nH]c(=O)c12. The summed E-state index contributed by atoms with van der Waals surface area (Å²) in [5.74, 6) is 1.34. The molecule has 10 nitrogen and oxygen atoms in total. The molecule has 2 amide bonds. The van der Waals surface area contributed by atoms with Crippen LogP contribution in [0.3, 0.4) is 0 Å². The number of nitrogens with zero attached hydrogens (tertiary/aromatic N) is 4. The van der Waals surface area contributed by atoms with Gasteiger partial charge in [-0.15, -0.1) is 0 Å². The molecule has 11 heteroatoms. The Morgan fingerprint density at radius 2 is 1.97 bits per heavy atom. The van der Waals surface area contributed by atoms with Crippen LogP contribution in [0.2, 0.25) is 5.02 Å². The second-order valence-corrected chi connectivity index (χ2v) is 9.24. The minimum atomic E-state index is -0.453. The Balaban J connectivity index is 1.46. The molecule has 0 fully saturated rings. The van der Waals surface area contributed by atoms with Crippen molar-refractivity contribution in [2.45, 2.75) is 26.7 Å². The number of pyridine rings is 1. The third kappa shape index (κ3) is 5.32. The Labute approximate surface area is 229 Å². The number of halogens is 1. The van der Waals surface area contributed by atoms with Crippen LogP contribution in [0.15, 0.2) is 65.6 Å². The molecule has 0 spiro atoms. The zero-order valence-corrected chi connectivity index (χ0v) is 22.3. The number of carbonyl (C=O) groups excluding carboxylic acids is 1. The zero-order chi connectivity index (χ0) is 27.5. The van der Waals surface area contributed by atoms with Crippen LogP contribution in [0.1, 0.15) is 29.6 Å². The number of methoxy groups -OCH3 is 1. The monoisotopic (exact) mass is 543 g/mol. The van der Waals surface area contributed by atoms with Crippen molar-refractivity contribution in [3.8, 4) is 11.4 Å². The van der Waals surface area contributed by atoms with Crippen LogP contribution in [-0.4, -0.2) is 37.9 Å². The highest BCUT2D eigenvalue weighted by Crippen LogP contribution is 2.29. The number of amides is 2. The molecule has 5 aromatic rings. The molecule has 0 saturated carbocycles. The van der Waals surface area contributed by atoms with E-state index in [1.807, 2.05) is 32.0 Å². The van der Waals surface area contributed by atoms with Gasteiger partial charge in [-0.05, 0) is 54.8 Å². The van der Waals surface area contributed by atoms with Gasteiger partial charge in [0.25, 0.3) is 5.56 Å². The van der Waals surface area contributed by atoms with Gasteiger partial charge < -0.3 is 15.0 Å². The number of anilines is 2. The molecule has 39 heavy (non-hydrogen) atoms. The Hall–Kier alpha value is -4.70. The largest absolute Gasteiger partial charge is 0.495 e. The van der Waals surface area contributed by atoms with Crippen LogP contribution < -0.4 is 20.9 Å². The molecule has 5 rings (SSSR count). The molecule has 0 aliphatic carbocycles. The number of hydrogen-bond donors (Lipinski definition) is 3. The number of nitrogens with one attached hydrogen (secondary N) is 3. The number of urea groups is 1. The van der Waals surface area contributed by atoms with E-state index in [4.69, 9.17) is 21.3 Å². The van der Waals surface area contributed by atoms with E-state index in [-0.39, 0.29) is 5.56 Å². The molecular weight excluding hydrogens is 518 g/mol. The minimum Gasteiger partial charge on any atom is -0.495 e. The molecule has 0 bridgehead atoms. The minimum absolute atomic E-state index is 0.265. The number of carbonyl (C=O) groups is 1. The van der Waals surface area contributed by atoms with Crippen LogP contribution in [-0.2, 0) is 12.8 Å². The van der Waals surface area contributed by atoms with E-state index in [1.165, 1.54) is 7.11 Å². The maximum absolute atomic E-state index is 13.2. The first-order valence-corrected chi connectivity index (χ1v) is 12.7. The van der Waals surface area contributed by atoms with Gasteiger partial charge in [-0.25, -0.2) is 19.4 Å². The molecule has 3 heterocycles. The lowest BCUT2D eigenvalue weighted by atomic mass is 10.1.